The molecule has 1 fully saturated rings. The third kappa shape index (κ3) is 7.43. The Bertz CT molecular complexity index is 1380. The normalized spacial score (nSPS) is 16.1. The number of halogens is 3. The van der Waals surface area contributed by atoms with Gasteiger partial charge in [0.15, 0.2) is 0 Å². The molecule has 0 bridgehead atoms. The number of aliphatic carboxylic acids is 1. The first-order valence-electron chi connectivity index (χ1n) is 14.5. The van der Waals surface area contributed by atoms with Gasteiger partial charge in [-0.3, -0.25) is 9.69 Å². The van der Waals surface area contributed by atoms with Gasteiger partial charge in [0.25, 0.3) is 0 Å². The summed E-state index contributed by atoms with van der Waals surface area (Å²) in [6, 6.07) is 6.40. The van der Waals surface area contributed by atoms with Crippen LogP contribution < -0.4 is 9.64 Å². The standard InChI is InChI=1S/C32H39F3N2O6/c1-19-22-14-15-37(28(38)17-26(29(39)40)36(5)30(41)43-31(2,3)4)25(22)12-13-27(19)42-18-20-10-11-23(21-8-6-7-9-21)24(16-20)32(33,34)35/h10-13,16,21,26H,6-9,14-15,17-18H2,1-5H3,(H,39,40). The van der Waals surface area contributed by atoms with Gasteiger partial charge in [0.05, 0.1) is 12.0 Å². The monoisotopic (exact) mass is 604 g/mol. The van der Waals surface area contributed by atoms with Crippen molar-refractivity contribution in [1.82, 2.24) is 4.90 Å². The SMILES string of the molecule is Cc1c(OCc2ccc(C3CCCC3)c(C(F)(F)F)c2)ccc2c1CCN2C(=O)CC(C(=O)O)N(C)C(=O)OC(C)(C)C. The maximum Gasteiger partial charge on any atom is 0.416 e. The molecule has 1 aliphatic carbocycles. The van der Waals surface area contributed by atoms with Crippen LogP contribution >= 0.6 is 0 Å². The lowest BCUT2D eigenvalue weighted by atomic mass is 9.91. The van der Waals surface area contributed by atoms with Crippen molar-refractivity contribution in [1.29, 1.82) is 0 Å². The summed E-state index contributed by atoms with van der Waals surface area (Å²) in [4.78, 5) is 40.0. The van der Waals surface area contributed by atoms with Crippen LogP contribution in [0.1, 0.15) is 86.6 Å². The van der Waals surface area contributed by atoms with Gasteiger partial charge in [-0.1, -0.05) is 25.0 Å². The Balaban J connectivity index is 1.46. The fourth-order valence-electron chi connectivity index (χ4n) is 5.87. The van der Waals surface area contributed by atoms with Crippen molar-refractivity contribution in [3.8, 4) is 5.75 Å². The van der Waals surface area contributed by atoms with Crippen molar-refractivity contribution in [3.63, 3.8) is 0 Å². The Kier molecular flexibility index (Phi) is 9.32. The number of hydrogen-bond donors (Lipinski definition) is 1. The first-order valence-corrected chi connectivity index (χ1v) is 14.5. The quantitative estimate of drug-likeness (QED) is 0.354. The van der Waals surface area contributed by atoms with Gasteiger partial charge in [0.1, 0.15) is 24.0 Å². The Morgan fingerprint density at radius 2 is 1.77 bits per heavy atom. The maximum absolute atomic E-state index is 13.9. The van der Waals surface area contributed by atoms with Crippen LogP contribution in [0.4, 0.5) is 23.7 Å². The van der Waals surface area contributed by atoms with Gasteiger partial charge in [0.2, 0.25) is 5.91 Å². The van der Waals surface area contributed by atoms with Crippen LogP contribution in [-0.4, -0.2) is 53.2 Å². The summed E-state index contributed by atoms with van der Waals surface area (Å²) >= 11 is 0. The second kappa shape index (κ2) is 12.5. The topological polar surface area (TPSA) is 96.4 Å². The lowest BCUT2D eigenvalue weighted by molar-refractivity contribution is -0.144. The molecular weight excluding hydrogens is 565 g/mol. The number of carboxylic acids is 1. The van der Waals surface area contributed by atoms with Crippen LogP contribution in [0.3, 0.4) is 0 Å². The van der Waals surface area contributed by atoms with E-state index in [1.807, 2.05) is 6.92 Å². The molecule has 4 rings (SSSR count). The zero-order valence-electron chi connectivity index (χ0n) is 25.2. The molecule has 0 radical (unpaired) electrons. The minimum Gasteiger partial charge on any atom is -0.489 e. The van der Waals surface area contributed by atoms with E-state index >= 15 is 0 Å². The van der Waals surface area contributed by atoms with Crippen molar-refractivity contribution >= 4 is 23.7 Å². The maximum atomic E-state index is 13.9. The summed E-state index contributed by atoms with van der Waals surface area (Å²) in [6.07, 6.45) is -1.82. The molecule has 2 aromatic carbocycles. The van der Waals surface area contributed by atoms with E-state index in [1.165, 1.54) is 18.0 Å². The minimum atomic E-state index is -4.45. The first kappa shape index (κ1) is 32.2. The van der Waals surface area contributed by atoms with Crippen molar-refractivity contribution in [2.75, 3.05) is 18.5 Å². The number of alkyl halides is 3. The molecule has 234 valence electrons. The van der Waals surface area contributed by atoms with E-state index in [2.05, 4.69) is 0 Å². The third-order valence-electron chi connectivity index (χ3n) is 8.12. The van der Waals surface area contributed by atoms with Gasteiger partial charge in [0, 0.05) is 19.3 Å². The summed E-state index contributed by atoms with van der Waals surface area (Å²) in [7, 11) is 1.28. The number of likely N-dealkylation sites (N-methyl/N-ethyl adjacent to an activating group) is 1. The summed E-state index contributed by atoms with van der Waals surface area (Å²) < 4.78 is 52.9. The molecule has 43 heavy (non-hydrogen) atoms. The van der Waals surface area contributed by atoms with Gasteiger partial charge in [-0.15, -0.1) is 0 Å². The highest BCUT2D eigenvalue weighted by Crippen LogP contribution is 2.42. The Hall–Kier alpha value is -3.76. The molecule has 0 aromatic heterocycles. The largest absolute Gasteiger partial charge is 0.489 e. The Labute approximate surface area is 249 Å². The zero-order valence-corrected chi connectivity index (χ0v) is 25.2. The molecule has 2 aromatic rings. The van der Waals surface area contributed by atoms with Gasteiger partial charge in [-0.2, -0.15) is 13.2 Å². The van der Waals surface area contributed by atoms with Crippen molar-refractivity contribution < 1.29 is 42.1 Å². The number of carbonyl (C=O) groups is 3. The number of benzene rings is 2. The van der Waals surface area contributed by atoms with Crippen LogP contribution in [0.15, 0.2) is 30.3 Å². The van der Waals surface area contributed by atoms with E-state index in [4.69, 9.17) is 9.47 Å². The minimum absolute atomic E-state index is 0.0480. The third-order valence-corrected chi connectivity index (χ3v) is 8.12. The molecule has 1 heterocycles. The summed E-state index contributed by atoms with van der Waals surface area (Å²) in [5.41, 5.74) is 1.55. The fraction of sp³-hybridized carbons (Fsp3) is 0.531. The second-order valence-electron chi connectivity index (χ2n) is 12.3. The van der Waals surface area contributed by atoms with Gasteiger partial charge >= 0.3 is 18.2 Å². The van der Waals surface area contributed by atoms with E-state index in [9.17, 15) is 32.7 Å². The fourth-order valence-corrected chi connectivity index (χ4v) is 5.87. The molecule has 8 nitrogen and oxygen atoms in total. The number of rotatable bonds is 8. The average molecular weight is 605 g/mol. The van der Waals surface area contributed by atoms with Crippen LogP contribution in [0.5, 0.6) is 5.75 Å². The van der Waals surface area contributed by atoms with Crippen molar-refractivity contribution in [2.45, 2.75) is 96.6 Å². The number of hydrogen-bond acceptors (Lipinski definition) is 5. The number of nitrogens with zero attached hydrogens (tertiary/aromatic N) is 2. The molecule has 1 N–H and O–H groups in total. The van der Waals surface area contributed by atoms with E-state index in [1.54, 1.807) is 45.0 Å². The van der Waals surface area contributed by atoms with Gasteiger partial charge < -0.3 is 19.5 Å². The lowest BCUT2D eigenvalue weighted by Gasteiger charge is -2.29. The van der Waals surface area contributed by atoms with Crippen LogP contribution in [0.2, 0.25) is 0 Å². The lowest BCUT2D eigenvalue weighted by Crippen LogP contribution is -2.47. The molecule has 0 saturated heterocycles. The average Bonchev–Trinajstić information content (AvgIpc) is 3.60. The van der Waals surface area contributed by atoms with Crippen LogP contribution in [0.25, 0.3) is 0 Å². The Morgan fingerprint density at radius 3 is 2.37 bits per heavy atom. The summed E-state index contributed by atoms with van der Waals surface area (Å²) in [6.45, 7) is 7.07. The van der Waals surface area contributed by atoms with E-state index in [-0.39, 0.29) is 12.5 Å². The molecule has 2 amide bonds. The van der Waals surface area contributed by atoms with Crippen LogP contribution in [-0.2, 0) is 33.5 Å². The molecule has 0 spiro atoms. The molecule has 11 heteroatoms. The van der Waals surface area contributed by atoms with E-state index in [0.29, 0.717) is 35.5 Å². The predicted octanol–water partition coefficient (Wildman–Crippen LogP) is 6.85. The predicted molar refractivity (Wildman–Crippen MR) is 154 cm³/mol. The highest BCUT2D eigenvalue weighted by atomic mass is 19.4. The van der Waals surface area contributed by atoms with Gasteiger partial charge in [-0.05, 0) is 93.3 Å². The highest BCUT2D eigenvalue weighted by molar-refractivity contribution is 5.98. The molecule has 2 aliphatic rings. The number of amides is 2. The number of fused-ring (bicyclic) bond motifs is 1. The number of anilines is 1. The molecule has 1 aliphatic heterocycles. The molecule has 1 saturated carbocycles. The van der Waals surface area contributed by atoms with Crippen LogP contribution in [0, 0.1) is 6.92 Å². The summed E-state index contributed by atoms with van der Waals surface area (Å²) in [5.74, 6) is -1.36. The van der Waals surface area contributed by atoms with Crippen molar-refractivity contribution in [2.24, 2.45) is 0 Å². The molecule has 1 atom stereocenters. The van der Waals surface area contributed by atoms with E-state index in [0.717, 1.165) is 41.7 Å². The van der Waals surface area contributed by atoms with Gasteiger partial charge in [-0.25, -0.2) is 9.59 Å². The first-order chi connectivity index (χ1) is 20.1. The smallest absolute Gasteiger partial charge is 0.416 e. The number of carbonyl (C=O) groups excluding carboxylic acids is 2. The van der Waals surface area contributed by atoms with Crippen molar-refractivity contribution in [3.05, 3.63) is 58.1 Å². The number of carboxylic acid groups (broad SMARTS) is 1. The summed E-state index contributed by atoms with van der Waals surface area (Å²) in [5, 5.41) is 9.74. The molecule has 1 unspecified atom stereocenters. The second-order valence-corrected chi connectivity index (χ2v) is 12.3. The van der Waals surface area contributed by atoms with E-state index < -0.39 is 47.8 Å². The molecular formula is C32H39F3N2O6. The Morgan fingerprint density at radius 1 is 1.09 bits per heavy atom. The highest BCUT2D eigenvalue weighted by Gasteiger charge is 2.37. The zero-order chi connectivity index (χ0) is 31.7. The number of ether oxygens (including phenoxy) is 2.